The van der Waals surface area contributed by atoms with Gasteiger partial charge in [0.1, 0.15) is 6.61 Å². The van der Waals surface area contributed by atoms with Crippen LogP contribution in [0.1, 0.15) is 35.4 Å². The Labute approximate surface area is 183 Å². The minimum atomic E-state index is 0.0385. The number of pyridine rings is 1. The van der Waals surface area contributed by atoms with Gasteiger partial charge in [-0.05, 0) is 49.2 Å². The molecule has 1 aromatic heterocycles. The Hall–Kier alpha value is -2.72. The molecule has 0 radical (unpaired) electrons. The second-order valence-electron chi connectivity index (χ2n) is 8.17. The average Bonchev–Trinajstić information content (AvgIpc) is 2.78. The van der Waals surface area contributed by atoms with Crippen LogP contribution >= 0.6 is 0 Å². The number of amides is 1. The minimum absolute atomic E-state index is 0.0385. The Morgan fingerprint density at radius 2 is 1.94 bits per heavy atom. The highest BCUT2D eigenvalue weighted by atomic mass is 16.5. The van der Waals surface area contributed by atoms with Gasteiger partial charge in [0.15, 0.2) is 0 Å². The van der Waals surface area contributed by atoms with Gasteiger partial charge in [-0.1, -0.05) is 24.0 Å². The summed E-state index contributed by atoms with van der Waals surface area (Å²) in [6.45, 7) is 2.64. The van der Waals surface area contributed by atoms with Gasteiger partial charge in [0.25, 0.3) is 0 Å². The van der Waals surface area contributed by atoms with Crippen molar-refractivity contribution in [2.75, 3.05) is 40.0 Å². The highest BCUT2D eigenvalue weighted by Gasteiger charge is 2.49. The summed E-state index contributed by atoms with van der Waals surface area (Å²) in [6, 6.07) is 12.4. The van der Waals surface area contributed by atoms with Crippen molar-refractivity contribution in [3.8, 4) is 11.8 Å². The molecular formula is C25H29N3O3. The molecule has 0 spiro atoms. The first-order valence-electron chi connectivity index (χ1n) is 10.9. The lowest BCUT2D eigenvalue weighted by atomic mass is 9.74. The standard InChI is InChI=1S/C25H29N3O3/c1-31-18-24(30)27-13-2-3-14-28-22(16-27)25(23(28)17-29)21-10-8-19(9-11-21)6-7-20-5-4-12-26-15-20/h4-5,8-12,15,22-23,25,29H,2-3,13-14,16-18H2,1H3/t22-,23-,25-/m0/s1. The van der Waals surface area contributed by atoms with Gasteiger partial charge in [-0.2, -0.15) is 0 Å². The Morgan fingerprint density at radius 1 is 1.16 bits per heavy atom. The van der Waals surface area contributed by atoms with Gasteiger partial charge in [0.05, 0.1) is 6.61 Å². The first kappa shape index (κ1) is 21.5. The molecule has 1 aromatic carbocycles. The van der Waals surface area contributed by atoms with E-state index in [4.69, 9.17) is 4.74 Å². The van der Waals surface area contributed by atoms with Crippen molar-refractivity contribution in [2.45, 2.75) is 30.8 Å². The molecule has 2 aromatic rings. The molecule has 3 atom stereocenters. The predicted octanol–water partition coefficient (Wildman–Crippen LogP) is 1.88. The van der Waals surface area contributed by atoms with Crippen LogP contribution in [0.15, 0.2) is 48.8 Å². The van der Waals surface area contributed by atoms with Gasteiger partial charge in [0.2, 0.25) is 5.91 Å². The summed E-state index contributed by atoms with van der Waals surface area (Å²) in [5.74, 6) is 6.55. The SMILES string of the molecule is COCC(=O)N1CCCCN2[C@@H](CO)[C@@H](c3ccc(C#Cc4cccnc4)cc3)[C@@H]2C1. The zero-order valence-corrected chi connectivity index (χ0v) is 17.9. The smallest absolute Gasteiger partial charge is 0.248 e. The third-order valence-corrected chi connectivity index (χ3v) is 6.30. The van der Waals surface area contributed by atoms with E-state index in [1.54, 1.807) is 19.5 Å². The molecule has 2 fully saturated rings. The minimum Gasteiger partial charge on any atom is -0.395 e. The van der Waals surface area contributed by atoms with Crippen LogP contribution in [0.2, 0.25) is 0 Å². The number of carbonyl (C=O) groups excluding carboxylic acids is 1. The maximum absolute atomic E-state index is 12.5. The summed E-state index contributed by atoms with van der Waals surface area (Å²) in [6.07, 6.45) is 5.49. The van der Waals surface area contributed by atoms with Crippen LogP contribution in [0.3, 0.4) is 0 Å². The fourth-order valence-electron chi connectivity index (χ4n) is 4.75. The second-order valence-corrected chi connectivity index (χ2v) is 8.17. The Morgan fingerprint density at radius 3 is 2.65 bits per heavy atom. The van der Waals surface area contributed by atoms with Crippen LogP contribution < -0.4 is 0 Å². The number of methoxy groups -OCH3 is 1. The van der Waals surface area contributed by atoms with Crippen LogP contribution in [-0.4, -0.2) is 77.8 Å². The molecule has 0 aliphatic carbocycles. The molecule has 0 bridgehead atoms. The Balaban J connectivity index is 1.51. The number of carbonyl (C=O) groups is 1. The fourth-order valence-corrected chi connectivity index (χ4v) is 4.75. The van der Waals surface area contributed by atoms with Crippen molar-refractivity contribution in [3.63, 3.8) is 0 Å². The summed E-state index contributed by atoms with van der Waals surface area (Å²) in [5, 5.41) is 10.1. The summed E-state index contributed by atoms with van der Waals surface area (Å²) in [4.78, 5) is 20.9. The molecule has 0 saturated carbocycles. The van der Waals surface area contributed by atoms with E-state index in [2.05, 4.69) is 33.9 Å². The van der Waals surface area contributed by atoms with Crippen molar-refractivity contribution < 1.29 is 14.6 Å². The Kier molecular flexibility index (Phi) is 6.98. The zero-order chi connectivity index (χ0) is 21.6. The topological polar surface area (TPSA) is 65.9 Å². The van der Waals surface area contributed by atoms with E-state index in [9.17, 15) is 9.90 Å². The maximum atomic E-state index is 12.5. The lowest BCUT2D eigenvalue weighted by Gasteiger charge is -2.57. The van der Waals surface area contributed by atoms with Crippen LogP contribution in [0.25, 0.3) is 0 Å². The summed E-state index contributed by atoms with van der Waals surface area (Å²) >= 11 is 0. The number of rotatable bonds is 4. The van der Waals surface area contributed by atoms with E-state index in [0.717, 1.165) is 37.1 Å². The first-order valence-corrected chi connectivity index (χ1v) is 10.9. The molecular weight excluding hydrogens is 390 g/mol. The number of fused-ring (bicyclic) bond motifs is 1. The molecule has 3 heterocycles. The molecule has 162 valence electrons. The van der Waals surface area contributed by atoms with Gasteiger partial charge in [-0.15, -0.1) is 0 Å². The van der Waals surface area contributed by atoms with Gasteiger partial charge in [-0.3, -0.25) is 14.7 Å². The van der Waals surface area contributed by atoms with Gasteiger partial charge in [-0.25, -0.2) is 0 Å². The number of ether oxygens (including phenoxy) is 1. The molecule has 2 aliphatic rings. The number of nitrogens with zero attached hydrogens (tertiary/aromatic N) is 3. The van der Waals surface area contributed by atoms with E-state index in [0.29, 0.717) is 6.54 Å². The monoisotopic (exact) mass is 419 g/mol. The van der Waals surface area contributed by atoms with Crippen molar-refractivity contribution in [1.29, 1.82) is 0 Å². The van der Waals surface area contributed by atoms with Crippen LogP contribution in [0, 0.1) is 11.8 Å². The number of aliphatic hydroxyl groups excluding tert-OH is 1. The lowest BCUT2D eigenvalue weighted by Crippen LogP contribution is -2.68. The molecule has 0 unspecified atom stereocenters. The number of aromatic nitrogens is 1. The summed E-state index contributed by atoms with van der Waals surface area (Å²) in [7, 11) is 1.56. The summed E-state index contributed by atoms with van der Waals surface area (Å²) in [5.41, 5.74) is 3.02. The molecule has 2 aliphatic heterocycles. The van der Waals surface area contributed by atoms with Gasteiger partial charge in [0, 0.05) is 61.7 Å². The van der Waals surface area contributed by atoms with Crippen LogP contribution in [0.5, 0.6) is 0 Å². The molecule has 1 amide bonds. The normalized spacial score (nSPS) is 23.5. The van der Waals surface area contributed by atoms with E-state index in [1.165, 1.54) is 5.56 Å². The molecule has 31 heavy (non-hydrogen) atoms. The fraction of sp³-hybridized carbons (Fsp3) is 0.440. The van der Waals surface area contributed by atoms with Gasteiger partial charge < -0.3 is 14.7 Å². The van der Waals surface area contributed by atoms with E-state index < -0.39 is 0 Å². The third-order valence-electron chi connectivity index (χ3n) is 6.30. The number of aliphatic hydroxyl groups is 1. The Bertz CT molecular complexity index is 936. The quantitative estimate of drug-likeness (QED) is 0.767. The van der Waals surface area contributed by atoms with Gasteiger partial charge >= 0.3 is 0 Å². The predicted molar refractivity (Wildman–Crippen MR) is 118 cm³/mol. The largest absolute Gasteiger partial charge is 0.395 e. The van der Waals surface area contributed by atoms with Crippen molar-refractivity contribution >= 4 is 5.91 Å². The third kappa shape index (κ3) is 4.80. The summed E-state index contributed by atoms with van der Waals surface area (Å²) < 4.78 is 5.07. The van der Waals surface area contributed by atoms with Crippen molar-refractivity contribution in [1.82, 2.24) is 14.8 Å². The van der Waals surface area contributed by atoms with Crippen molar-refractivity contribution in [3.05, 3.63) is 65.5 Å². The van der Waals surface area contributed by atoms with Crippen LogP contribution in [0.4, 0.5) is 0 Å². The van der Waals surface area contributed by atoms with E-state index in [1.807, 2.05) is 29.2 Å². The molecule has 6 nitrogen and oxygen atoms in total. The van der Waals surface area contributed by atoms with Crippen molar-refractivity contribution in [2.24, 2.45) is 0 Å². The molecule has 1 N–H and O–H groups in total. The van der Waals surface area contributed by atoms with E-state index in [-0.39, 0.29) is 37.1 Å². The average molecular weight is 420 g/mol. The van der Waals surface area contributed by atoms with E-state index >= 15 is 0 Å². The number of hydrogen-bond acceptors (Lipinski definition) is 5. The molecule has 6 heteroatoms. The highest BCUT2D eigenvalue weighted by Crippen LogP contribution is 2.41. The number of benzene rings is 1. The maximum Gasteiger partial charge on any atom is 0.248 e. The zero-order valence-electron chi connectivity index (χ0n) is 17.9. The molecule has 4 rings (SSSR count). The second kappa shape index (κ2) is 10.1. The molecule has 2 saturated heterocycles. The first-order chi connectivity index (χ1) is 15.2. The van der Waals surface area contributed by atoms with Crippen LogP contribution in [-0.2, 0) is 9.53 Å². The lowest BCUT2D eigenvalue weighted by molar-refractivity contribution is -0.140. The highest BCUT2D eigenvalue weighted by molar-refractivity contribution is 5.77. The number of hydrogen-bond donors (Lipinski definition) is 1.